The van der Waals surface area contributed by atoms with Crippen LogP contribution in [0.3, 0.4) is 0 Å². The van der Waals surface area contributed by atoms with E-state index in [1.54, 1.807) is 13.2 Å². The number of methoxy groups -OCH3 is 1. The standard InChI is InChI=1S/C14H14BrFN2O/c1-9-5-12(19-2)7-11(18-9)8-17-14-4-3-10(16)6-13(14)15/h3-7,17H,8H2,1-2H3. The topological polar surface area (TPSA) is 34.1 Å². The highest BCUT2D eigenvalue weighted by Crippen LogP contribution is 2.24. The first kappa shape index (κ1) is 13.8. The number of aromatic nitrogens is 1. The zero-order chi connectivity index (χ0) is 13.8. The molecule has 0 amide bonds. The summed E-state index contributed by atoms with van der Waals surface area (Å²) >= 11 is 3.32. The lowest BCUT2D eigenvalue weighted by Gasteiger charge is -2.10. The second-order valence-electron chi connectivity index (χ2n) is 4.12. The van der Waals surface area contributed by atoms with Gasteiger partial charge in [-0.2, -0.15) is 0 Å². The molecule has 1 aromatic carbocycles. The SMILES string of the molecule is COc1cc(C)nc(CNc2ccc(F)cc2Br)c1. The highest BCUT2D eigenvalue weighted by molar-refractivity contribution is 9.10. The molecular weight excluding hydrogens is 311 g/mol. The predicted molar refractivity (Wildman–Crippen MR) is 77.0 cm³/mol. The molecule has 2 aromatic rings. The first-order valence-electron chi connectivity index (χ1n) is 5.79. The average molecular weight is 325 g/mol. The van der Waals surface area contributed by atoms with E-state index in [1.165, 1.54) is 12.1 Å². The third kappa shape index (κ3) is 3.67. The van der Waals surface area contributed by atoms with Crippen LogP contribution in [0, 0.1) is 12.7 Å². The lowest BCUT2D eigenvalue weighted by atomic mass is 10.2. The normalized spacial score (nSPS) is 10.3. The van der Waals surface area contributed by atoms with Crippen molar-refractivity contribution in [2.75, 3.05) is 12.4 Å². The summed E-state index contributed by atoms with van der Waals surface area (Å²) in [4.78, 5) is 4.41. The molecule has 0 aliphatic carbocycles. The summed E-state index contributed by atoms with van der Waals surface area (Å²) in [7, 11) is 1.63. The Morgan fingerprint density at radius 1 is 1.32 bits per heavy atom. The number of ether oxygens (including phenoxy) is 1. The number of nitrogens with one attached hydrogen (secondary N) is 1. The Hall–Kier alpha value is -1.62. The minimum absolute atomic E-state index is 0.271. The Kier molecular flexibility index (Phi) is 4.37. The van der Waals surface area contributed by atoms with Crippen LogP contribution in [0.2, 0.25) is 0 Å². The Balaban J connectivity index is 2.12. The zero-order valence-electron chi connectivity index (χ0n) is 10.7. The molecule has 3 nitrogen and oxygen atoms in total. The Morgan fingerprint density at radius 2 is 2.11 bits per heavy atom. The quantitative estimate of drug-likeness (QED) is 0.925. The monoisotopic (exact) mass is 324 g/mol. The summed E-state index contributed by atoms with van der Waals surface area (Å²) in [6.45, 7) is 2.46. The molecule has 0 saturated carbocycles. The van der Waals surface area contributed by atoms with Gasteiger partial charge >= 0.3 is 0 Å². The number of rotatable bonds is 4. The second-order valence-corrected chi connectivity index (χ2v) is 4.97. The molecule has 1 N–H and O–H groups in total. The number of anilines is 1. The molecule has 0 atom stereocenters. The first-order chi connectivity index (χ1) is 9.08. The van der Waals surface area contributed by atoms with Crippen molar-refractivity contribution in [3.8, 4) is 5.75 Å². The minimum atomic E-state index is -0.271. The third-order valence-corrected chi connectivity index (χ3v) is 3.26. The van der Waals surface area contributed by atoms with Crippen LogP contribution in [0.5, 0.6) is 5.75 Å². The van der Waals surface area contributed by atoms with Gasteiger partial charge in [0.1, 0.15) is 11.6 Å². The lowest BCUT2D eigenvalue weighted by molar-refractivity contribution is 0.413. The van der Waals surface area contributed by atoms with E-state index in [-0.39, 0.29) is 5.82 Å². The molecule has 5 heteroatoms. The molecule has 0 aliphatic rings. The van der Waals surface area contributed by atoms with E-state index in [0.29, 0.717) is 11.0 Å². The fourth-order valence-electron chi connectivity index (χ4n) is 1.73. The van der Waals surface area contributed by atoms with Crippen LogP contribution in [0.1, 0.15) is 11.4 Å². The second kappa shape index (κ2) is 6.02. The van der Waals surface area contributed by atoms with Gasteiger partial charge in [0.15, 0.2) is 0 Å². The minimum Gasteiger partial charge on any atom is -0.497 e. The summed E-state index contributed by atoms with van der Waals surface area (Å²) < 4.78 is 18.9. The molecule has 0 radical (unpaired) electrons. The molecule has 1 aromatic heterocycles. The van der Waals surface area contributed by atoms with Gasteiger partial charge in [-0.15, -0.1) is 0 Å². The van der Waals surface area contributed by atoms with Crippen molar-refractivity contribution in [3.05, 3.63) is 52.0 Å². The van der Waals surface area contributed by atoms with Crippen molar-refractivity contribution in [2.45, 2.75) is 13.5 Å². The Bertz CT molecular complexity index is 590. The van der Waals surface area contributed by atoms with E-state index in [4.69, 9.17) is 4.74 Å². The number of halogens is 2. The molecule has 1 heterocycles. The van der Waals surface area contributed by atoms with E-state index in [2.05, 4.69) is 26.2 Å². The highest BCUT2D eigenvalue weighted by atomic mass is 79.9. The number of hydrogen-bond acceptors (Lipinski definition) is 3. The van der Waals surface area contributed by atoms with E-state index >= 15 is 0 Å². The van der Waals surface area contributed by atoms with Crippen molar-refractivity contribution < 1.29 is 9.13 Å². The highest BCUT2D eigenvalue weighted by Gasteiger charge is 2.04. The number of hydrogen-bond donors (Lipinski definition) is 1. The number of nitrogens with zero attached hydrogens (tertiary/aromatic N) is 1. The number of aryl methyl sites for hydroxylation is 1. The fraction of sp³-hybridized carbons (Fsp3) is 0.214. The van der Waals surface area contributed by atoms with Crippen molar-refractivity contribution in [2.24, 2.45) is 0 Å². The Morgan fingerprint density at radius 3 is 2.79 bits per heavy atom. The molecule has 0 spiro atoms. The largest absolute Gasteiger partial charge is 0.497 e. The summed E-state index contributed by atoms with van der Waals surface area (Å²) in [5.41, 5.74) is 2.59. The molecule has 100 valence electrons. The summed E-state index contributed by atoms with van der Waals surface area (Å²) in [5.74, 6) is 0.509. The van der Waals surface area contributed by atoms with Gasteiger partial charge in [-0.1, -0.05) is 0 Å². The summed E-state index contributed by atoms with van der Waals surface area (Å²) in [6.07, 6.45) is 0. The van der Waals surface area contributed by atoms with Gasteiger partial charge in [0.05, 0.1) is 19.3 Å². The van der Waals surface area contributed by atoms with E-state index < -0.39 is 0 Å². The summed E-state index contributed by atoms with van der Waals surface area (Å²) in [5, 5.41) is 3.20. The van der Waals surface area contributed by atoms with E-state index in [9.17, 15) is 4.39 Å². The maximum absolute atomic E-state index is 13.0. The first-order valence-corrected chi connectivity index (χ1v) is 6.58. The van der Waals surface area contributed by atoms with Crippen LogP contribution in [0.4, 0.5) is 10.1 Å². The van der Waals surface area contributed by atoms with Gasteiger partial charge in [-0.25, -0.2) is 4.39 Å². The van der Waals surface area contributed by atoms with Gasteiger partial charge in [0.2, 0.25) is 0 Å². The van der Waals surface area contributed by atoms with Gasteiger partial charge in [0, 0.05) is 28.0 Å². The maximum atomic E-state index is 13.0. The van der Waals surface area contributed by atoms with Crippen molar-refractivity contribution >= 4 is 21.6 Å². The molecule has 19 heavy (non-hydrogen) atoms. The van der Waals surface area contributed by atoms with Crippen molar-refractivity contribution in [1.29, 1.82) is 0 Å². The molecule has 0 aliphatic heterocycles. The van der Waals surface area contributed by atoms with Gasteiger partial charge < -0.3 is 10.1 Å². The zero-order valence-corrected chi connectivity index (χ0v) is 12.3. The number of pyridine rings is 1. The molecule has 0 saturated heterocycles. The van der Waals surface area contributed by atoms with Gasteiger partial charge in [-0.05, 0) is 41.1 Å². The van der Waals surface area contributed by atoms with E-state index in [1.807, 2.05) is 19.1 Å². The Labute approximate surface area is 119 Å². The lowest BCUT2D eigenvalue weighted by Crippen LogP contribution is -2.03. The number of benzene rings is 1. The van der Waals surface area contributed by atoms with Crippen LogP contribution in [0.15, 0.2) is 34.8 Å². The predicted octanol–water partition coefficient (Wildman–Crippen LogP) is 3.91. The summed E-state index contributed by atoms with van der Waals surface area (Å²) in [6, 6.07) is 8.27. The fourth-order valence-corrected chi connectivity index (χ4v) is 2.22. The van der Waals surface area contributed by atoms with E-state index in [0.717, 1.165) is 22.8 Å². The van der Waals surface area contributed by atoms with Gasteiger partial charge in [-0.3, -0.25) is 4.98 Å². The molecule has 0 unspecified atom stereocenters. The van der Waals surface area contributed by atoms with Crippen molar-refractivity contribution in [1.82, 2.24) is 4.98 Å². The molecular formula is C14H14BrFN2O. The molecule has 0 fully saturated rings. The average Bonchev–Trinajstić information content (AvgIpc) is 2.37. The van der Waals surface area contributed by atoms with Crippen LogP contribution in [-0.4, -0.2) is 12.1 Å². The third-order valence-electron chi connectivity index (χ3n) is 2.61. The maximum Gasteiger partial charge on any atom is 0.124 e. The van der Waals surface area contributed by atoms with Crippen LogP contribution >= 0.6 is 15.9 Å². The molecule has 2 rings (SSSR count). The van der Waals surface area contributed by atoms with Crippen LogP contribution < -0.4 is 10.1 Å². The van der Waals surface area contributed by atoms with Crippen LogP contribution in [-0.2, 0) is 6.54 Å². The van der Waals surface area contributed by atoms with Crippen LogP contribution in [0.25, 0.3) is 0 Å². The molecule has 0 bridgehead atoms. The van der Waals surface area contributed by atoms with Crippen molar-refractivity contribution in [3.63, 3.8) is 0 Å². The van der Waals surface area contributed by atoms with Gasteiger partial charge in [0.25, 0.3) is 0 Å². The smallest absolute Gasteiger partial charge is 0.124 e.